The maximum absolute atomic E-state index is 12.8. The lowest BCUT2D eigenvalue weighted by molar-refractivity contribution is -0.488. The Balaban J connectivity index is 2.20. The van der Waals surface area contributed by atoms with Gasteiger partial charge in [0.15, 0.2) is 0 Å². The fraction of sp³-hybridized carbons (Fsp3) is 0.579. The number of hydrogen-bond acceptors (Lipinski definition) is 5. The second kappa shape index (κ2) is 8.29. The Hall–Kier alpha value is -2.44. The fourth-order valence-corrected chi connectivity index (χ4v) is 3.59. The molecule has 0 spiro atoms. The van der Waals surface area contributed by atoms with Gasteiger partial charge in [-0.05, 0) is 31.7 Å². The Morgan fingerprint density at radius 3 is 2.46 bits per heavy atom. The molecule has 0 saturated carbocycles. The lowest BCUT2D eigenvalue weighted by Crippen LogP contribution is -2.36. The summed E-state index contributed by atoms with van der Waals surface area (Å²) in [6.45, 7) is 7.66. The molecule has 1 aromatic rings. The van der Waals surface area contributed by atoms with Gasteiger partial charge in [-0.2, -0.15) is 0 Å². The van der Waals surface area contributed by atoms with Crippen LogP contribution < -0.4 is 0 Å². The number of benzene rings is 1. The van der Waals surface area contributed by atoms with Crippen LogP contribution in [0.4, 0.5) is 4.79 Å². The molecule has 0 aliphatic carbocycles. The van der Waals surface area contributed by atoms with Gasteiger partial charge in [-0.25, -0.2) is 9.69 Å². The van der Waals surface area contributed by atoms with Gasteiger partial charge in [0.25, 0.3) is 0 Å². The van der Waals surface area contributed by atoms with Crippen molar-refractivity contribution in [3.63, 3.8) is 0 Å². The number of carbonyl (C=O) groups is 2. The molecule has 2 atom stereocenters. The summed E-state index contributed by atoms with van der Waals surface area (Å²) >= 11 is 0. The van der Waals surface area contributed by atoms with Gasteiger partial charge in [0, 0.05) is 17.3 Å². The van der Waals surface area contributed by atoms with Crippen molar-refractivity contribution in [3.05, 3.63) is 45.0 Å². The van der Waals surface area contributed by atoms with E-state index in [1.807, 2.05) is 45.9 Å². The van der Waals surface area contributed by atoms with Gasteiger partial charge in [-0.15, -0.1) is 0 Å². The van der Waals surface area contributed by atoms with Gasteiger partial charge in [0.2, 0.25) is 12.5 Å². The van der Waals surface area contributed by atoms with E-state index in [0.29, 0.717) is 6.42 Å². The Morgan fingerprint density at radius 1 is 1.31 bits per heavy atom. The molecule has 0 radical (unpaired) electrons. The number of cyclic esters (lactones) is 1. The molecule has 1 fully saturated rings. The minimum absolute atomic E-state index is 0.0322. The normalized spacial score (nSPS) is 18.1. The van der Waals surface area contributed by atoms with Crippen molar-refractivity contribution in [3.8, 4) is 0 Å². The van der Waals surface area contributed by atoms with Crippen molar-refractivity contribution in [1.82, 2.24) is 4.90 Å². The van der Waals surface area contributed by atoms with E-state index in [1.54, 1.807) is 0 Å². The number of imide groups is 1. The molecule has 1 aromatic carbocycles. The highest BCUT2D eigenvalue weighted by molar-refractivity contribution is 5.93. The maximum Gasteiger partial charge on any atom is 0.417 e. The van der Waals surface area contributed by atoms with Crippen molar-refractivity contribution < 1.29 is 19.2 Å². The summed E-state index contributed by atoms with van der Waals surface area (Å²) in [6, 6.07) is 5.40. The predicted molar refractivity (Wildman–Crippen MR) is 96.3 cm³/mol. The lowest BCUT2D eigenvalue weighted by atomic mass is 9.93. The summed E-state index contributed by atoms with van der Waals surface area (Å²) in [5, 5.41) is 10.9. The molecule has 26 heavy (non-hydrogen) atoms. The third-order valence-electron chi connectivity index (χ3n) is 4.45. The van der Waals surface area contributed by atoms with Gasteiger partial charge in [-0.3, -0.25) is 14.9 Å². The van der Waals surface area contributed by atoms with Crippen LogP contribution in [-0.4, -0.2) is 35.0 Å². The third-order valence-corrected chi connectivity index (χ3v) is 4.45. The van der Waals surface area contributed by atoms with E-state index in [0.717, 1.165) is 21.6 Å². The zero-order valence-electron chi connectivity index (χ0n) is 15.7. The van der Waals surface area contributed by atoms with Crippen LogP contribution in [0.5, 0.6) is 0 Å². The van der Waals surface area contributed by atoms with Gasteiger partial charge in [0.05, 0.1) is 0 Å². The van der Waals surface area contributed by atoms with E-state index >= 15 is 0 Å². The molecule has 1 aliphatic rings. The Labute approximate surface area is 153 Å². The third kappa shape index (κ3) is 5.03. The van der Waals surface area contributed by atoms with Crippen molar-refractivity contribution >= 4 is 12.0 Å². The van der Waals surface area contributed by atoms with Crippen LogP contribution in [0.2, 0.25) is 0 Å². The van der Waals surface area contributed by atoms with Crippen molar-refractivity contribution in [2.75, 3.05) is 13.2 Å². The van der Waals surface area contributed by atoms with Crippen molar-refractivity contribution in [1.29, 1.82) is 0 Å². The smallest absolute Gasteiger partial charge is 0.417 e. The molecule has 0 bridgehead atoms. The summed E-state index contributed by atoms with van der Waals surface area (Å²) in [7, 11) is 0. The van der Waals surface area contributed by atoms with Crippen LogP contribution in [0.15, 0.2) is 18.2 Å². The largest absolute Gasteiger partial charge is 0.446 e. The molecule has 7 nitrogen and oxygen atoms in total. The number of aryl methyl sites for hydroxylation is 2. The fourth-order valence-electron chi connectivity index (χ4n) is 3.59. The average Bonchev–Trinajstić information content (AvgIpc) is 2.86. The molecule has 2 rings (SSSR count). The van der Waals surface area contributed by atoms with E-state index in [-0.39, 0.29) is 25.5 Å². The highest BCUT2D eigenvalue weighted by Crippen LogP contribution is 2.31. The maximum atomic E-state index is 12.8. The van der Waals surface area contributed by atoms with Gasteiger partial charge < -0.3 is 4.74 Å². The Bertz CT molecular complexity index is 681. The second-order valence-corrected chi connectivity index (χ2v) is 7.49. The highest BCUT2D eigenvalue weighted by Gasteiger charge is 2.40. The van der Waals surface area contributed by atoms with Crippen LogP contribution in [0.25, 0.3) is 0 Å². The summed E-state index contributed by atoms with van der Waals surface area (Å²) in [6.07, 6.45) is -0.150. The lowest BCUT2D eigenvalue weighted by Gasteiger charge is -2.23. The van der Waals surface area contributed by atoms with E-state index < -0.39 is 28.9 Å². The van der Waals surface area contributed by atoms with E-state index in [2.05, 4.69) is 0 Å². The molecule has 1 heterocycles. The number of carbonyl (C=O) groups excluding carboxylic acids is 2. The molecule has 1 aliphatic heterocycles. The quantitative estimate of drug-likeness (QED) is 0.545. The summed E-state index contributed by atoms with van der Waals surface area (Å²) < 4.78 is 5.11. The van der Waals surface area contributed by atoms with Gasteiger partial charge >= 0.3 is 6.09 Å². The summed E-state index contributed by atoms with van der Waals surface area (Å²) in [5.41, 5.74) is 2.92. The molecule has 1 saturated heterocycles. The zero-order valence-corrected chi connectivity index (χ0v) is 15.7. The molecule has 2 amide bonds. The van der Waals surface area contributed by atoms with Crippen LogP contribution in [0.1, 0.15) is 49.4 Å². The predicted octanol–water partition coefficient (Wildman–Crippen LogP) is 3.65. The summed E-state index contributed by atoms with van der Waals surface area (Å²) in [5.74, 6) is -0.580. The second-order valence-electron chi connectivity index (χ2n) is 7.49. The Morgan fingerprint density at radius 2 is 1.92 bits per heavy atom. The van der Waals surface area contributed by atoms with Crippen LogP contribution in [0, 0.1) is 35.8 Å². The minimum atomic E-state index is -0.677. The first-order valence-electron chi connectivity index (χ1n) is 8.86. The molecule has 0 aromatic heterocycles. The number of nitrogens with zero attached hydrogens (tertiary/aromatic N) is 2. The minimum Gasteiger partial charge on any atom is -0.446 e. The van der Waals surface area contributed by atoms with Gasteiger partial charge in [-0.1, -0.05) is 43.2 Å². The SMILES string of the molecule is Cc1cc(C)cc(C2COC(=O)N2C(=O)CC(CC(C)C)C[N+](=O)[O-])c1. The summed E-state index contributed by atoms with van der Waals surface area (Å²) in [4.78, 5) is 36.6. The number of amides is 2. The van der Waals surface area contributed by atoms with E-state index in [1.165, 1.54) is 0 Å². The molecule has 2 unspecified atom stereocenters. The molecule has 7 heteroatoms. The first-order chi connectivity index (χ1) is 12.2. The number of ether oxygens (including phenoxy) is 1. The highest BCUT2D eigenvalue weighted by atomic mass is 16.6. The van der Waals surface area contributed by atoms with E-state index in [9.17, 15) is 19.7 Å². The standard InChI is InChI=1S/C19H26N2O5/c1-12(2)5-15(10-20(24)25)9-18(22)21-17(11-26-19(21)23)16-7-13(3)6-14(4)8-16/h6-8,12,15,17H,5,9-11H2,1-4H3. The molecule has 0 N–H and O–H groups in total. The van der Waals surface area contributed by atoms with Crippen LogP contribution >= 0.6 is 0 Å². The van der Waals surface area contributed by atoms with Crippen molar-refractivity contribution in [2.24, 2.45) is 11.8 Å². The number of hydrogen-bond donors (Lipinski definition) is 0. The first kappa shape index (κ1) is 19.9. The van der Waals surface area contributed by atoms with E-state index in [4.69, 9.17) is 4.74 Å². The average molecular weight is 362 g/mol. The zero-order chi connectivity index (χ0) is 19.4. The monoisotopic (exact) mass is 362 g/mol. The first-order valence-corrected chi connectivity index (χ1v) is 8.86. The molecule has 142 valence electrons. The van der Waals surface area contributed by atoms with Gasteiger partial charge in [0.1, 0.15) is 12.6 Å². The van der Waals surface area contributed by atoms with Crippen LogP contribution in [0.3, 0.4) is 0 Å². The Kier molecular flexibility index (Phi) is 6.34. The number of rotatable bonds is 7. The van der Waals surface area contributed by atoms with Crippen LogP contribution in [-0.2, 0) is 9.53 Å². The molecular weight excluding hydrogens is 336 g/mol. The van der Waals surface area contributed by atoms with Crippen molar-refractivity contribution in [2.45, 2.75) is 46.6 Å². The topological polar surface area (TPSA) is 89.8 Å². The molecular formula is C19H26N2O5. The number of nitro groups is 1.